The van der Waals surface area contributed by atoms with Crippen molar-refractivity contribution in [2.75, 3.05) is 6.54 Å². The molecule has 3 rings (SSSR count). The molecule has 0 bridgehead atoms. The summed E-state index contributed by atoms with van der Waals surface area (Å²) in [5.41, 5.74) is 2.12. The standard InChI is InChI=1S/C16H16F2INS/c17-11-6-10(7-12(18)8-11)4-5-20-14-2-1-3-15-13(14)9-16(19)21-15/h6-9,14,20H,1-5H2. The normalized spacial score (nSPS) is 17.8. The van der Waals surface area contributed by atoms with Gasteiger partial charge >= 0.3 is 0 Å². The van der Waals surface area contributed by atoms with Gasteiger partial charge in [-0.15, -0.1) is 11.3 Å². The molecule has 1 heterocycles. The molecule has 1 aliphatic carbocycles. The van der Waals surface area contributed by atoms with Crippen molar-refractivity contribution in [3.8, 4) is 0 Å². The number of thiophene rings is 1. The van der Waals surface area contributed by atoms with Crippen LogP contribution in [0.1, 0.15) is 34.9 Å². The summed E-state index contributed by atoms with van der Waals surface area (Å²) in [6.45, 7) is 0.736. The first-order chi connectivity index (χ1) is 10.1. The van der Waals surface area contributed by atoms with Crippen LogP contribution in [0.25, 0.3) is 0 Å². The Morgan fingerprint density at radius 3 is 2.71 bits per heavy atom. The molecule has 0 spiro atoms. The summed E-state index contributed by atoms with van der Waals surface area (Å²) in [4.78, 5) is 1.49. The molecule has 0 amide bonds. The summed E-state index contributed by atoms with van der Waals surface area (Å²) >= 11 is 4.25. The van der Waals surface area contributed by atoms with Crippen LogP contribution in [0.4, 0.5) is 8.78 Å². The molecule has 1 atom stereocenters. The van der Waals surface area contributed by atoms with Gasteiger partial charge in [-0.05, 0) is 84.1 Å². The molecule has 1 aliphatic rings. The Morgan fingerprint density at radius 1 is 1.19 bits per heavy atom. The minimum Gasteiger partial charge on any atom is -0.310 e. The molecule has 2 aromatic rings. The summed E-state index contributed by atoms with van der Waals surface area (Å²) < 4.78 is 27.6. The van der Waals surface area contributed by atoms with Crippen LogP contribution in [0.15, 0.2) is 24.3 Å². The summed E-state index contributed by atoms with van der Waals surface area (Å²) in [5, 5.41) is 3.54. The van der Waals surface area contributed by atoms with E-state index in [-0.39, 0.29) is 0 Å². The predicted octanol–water partition coefficient (Wildman–Crippen LogP) is 4.84. The van der Waals surface area contributed by atoms with Crippen LogP contribution in [0.5, 0.6) is 0 Å². The van der Waals surface area contributed by atoms with Gasteiger partial charge in [-0.1, -0.05) is 0 Å². The Bertz CT molecular complexity index is 621. The molecule has 0 saturated heterocycles. The number of benzene rings is 1. The van der Waals surface area contributed by atoms with Crippen molar-refractivity contribution in [3.05, 3.63) is 54.8 Å². The van der Waals surface area contributed by atoms with Crippen LogP contribution in [0, 0.1) is 14.5 Å². The molecule has 21 heavy (non-hydrogen) atoms. The summed E-state index contributed by atoms with van der Waals surface area (Å²) in [7, 11) is 0. The van der Waals surface area contributed by atoms with E-state index < -0.39 is 11.6 Å². The smallest absolute Gasteiger partial charge is 0.126 e. The largest absolute Gasteiger partial charge is 0.310 e. The summed E-state index contributed by atoms with van der Waals surface area (Å²) in [6, 6.07) is 6.37. The molecule has 0 saturated carbocycles. The van der Waals surface area contributed by atoms with Crippen LogP contribution >= 0.6 is 33.9 Å². The Morgan fingerprint density at radius 2 is 1.95 bits per heavy atom. The van der Waals surface area contributed by atoms with Gasteiger partial charge in [-0.2, -0.15) is 0 Å². The van der Waals surface area contributed by atoms with Gasteiger partial charge in [0, 0.05) is 17.0 Å². The SMILES string of the molecule is Fc1cc(F)cc(CCNC2CCCc3sc(I)cc32)c1. The molecule has 1 unspecified atom stereocenters. The van der Waals surface area contributed by atoms with E-state index >= 15 is 0 Å². The molecular formula is C16H16F2INS. The molecule has 1 N–H and O–H groups in total. The van der Waals surface area contributed by atoms with Crippen molar-refractivity contribution < 1.29 is 8.78 Å². The maximum Gasteiger partial charge on any atom is 0.126 e. The van der Waals surface area contributed by atoms with E-state index in [4.69, 9.17) is 0 Å². The summed E-state index contributed by atoms with van der Waals surface area (Å²) in [5.74, 6) is -1.00. The number of hydrogen-bond donors (Lipinski definition) is 1. The predicted molar refractivity (Wildman–Crippen MR) is 90.8 cm³/mol. The lowest BCUT2D eigenvalue weighted by atomic mass is 9.94. The number of hydrogen-bond acceptors (Lipinski definition) is 2. The monoisotopic (exact) mass is 419 g/mol. The second kappa shape index (κ2) is 6.71. The van der Waals surface area contributed by atoms with E-state index in [2.05, 4.69) is 34.0 Å². The van der Waals surface area contributed by atoms with Gasteiger partial charge in [0.1, 0.15) is 11.6 Å². The maximum atomic E-state index is 13.1. The van der Waals surface area contributed by atoms with Crippen molar-refractivity contribution in [1.29, 1.82) is 0 Å². The highest BCUT2D eigenvalue weighted by atomic mass is 127. The minimum absolute atomic E-state index is 0.381. The Balaban J connectivity index is 1.61. The Kier molecular flexibility index (Phi) is 4.91. The van der Waals surface area contributed by atoms with Gasteiger partial charge in [0.2, 0.25) is 0 Å². The van der Waals surface area contributed by atoms with Gasteiger partial charge in [0.15, 0.2) is 0 Å². The fourth-order valence-corrected chi connectivity index (χ4v) is 5.00. The van der Waals surface area contributed by atoms with E-state index in [1.807, 2.05) is 11.3 Å². The number of rotatable bonds is 4. The molecule has 0 radical (unpaired) electrons. The van der Waals surface area contributed by atoms with Gasteiger partial charge < -0.3 is 5.32 Å². The fraction of sp³-hybridized carbons (Fsp3) is 0.375. The topological polar surface area (TPSA) is 12.0 Å². The number of aryl methyl sites for hydroxylation is 1. The fourth-order valence-electron chi connectivity index (χ4n) is 2.88. The van der Waals surface area contributed by atoms with Crippen LogP contribution in [-0.4, -0.2) is 6.54 Å². The van der Waals surface area contributed by atoms with Crippen molar-refractivity contribution in [2.45, 2.75) is 31.7 Å². The second-order valence-electron chi connectivity index (χ2n) is 5.36. The first-order valence-electron chi connectivity index (χ1n) is 7.08. The molecule has 5 heteroatoms. The first kappa shape index (κ1) is 15.4. The molecule has 1 aromatic heterocycles. The quantitative estimate of drug-likeness (QED) is 0.700. The number of nitrogens with one attached hydrogen (secondary N) is 1. The molecule has 112 valence electrons. The number of fused-ring (bicyclic) bond motifs is 1. The third kappa shape index (κ3) is 3.81. The Hall–Kier alpha value is -0.530. The number of halogens is 3. The van der Waals surface area contributed by atoms with Crippen LogP contribution in [-0.2, 0) is 12.8 Å². The van der Waals surface area contributed by atoms with Gasteiger partial charge in [-0.25, -0.2) is 8.78 Å². The average Bonchev–Trinajstić information content (AvgIpc) is 2.79. The highest BCUT2D eigenvalue weighted by Gasteiger charge is 2.21. The molecule has 1 aromatic carbocycles. The van der Waals surface area contributed by atoms with E-state index in [0.29, 0.717) is 18.0 Å². The van der Waals surface area contributed by atoms with E-state index in [0.717, 1.165) is 19.0 Å². The lowest BCUT2D eigenvalue weighted by molar-refractivity contribution is 0.466. The lowest BCUT2D eigenvalue weighted by Crippen LogP contribution is -2.26. The highest BCUT2D eigenvalue weighted by Crippen LogP contribution is 2.36. The third-order valence-corrected chi connectivity index (χ3v) is 5.78. The zero-order chi connectivity index (χ0) is 14.8. The van der Waals surface area contributed by atoms with Crippen molar-refractivity contribution >= 4 is 33.9 Å². The summed E-state index contributed by atoms with van der Waals surface area (Å²) in [6.07, 6.45) is 4.16. The first-order valence-corrected chi connectivity index (χ1v) is 8.98. The third-order valence-electron chi connectivity index (χ3n) is 3.81. The van der Waals surface area contributed by atoms with Crippen LogP contribution < -0.4 is 5.32 Å². The van der Waals surface area contributed by atoms with Crippen LogP contribution in [0.2, 0.25) is 0 Å². The van der Waals surface area contributed by atoms with E-state index in [9.17, 15) is 8.78 Å². The van der Waals surface area contributed by atoms with Gasteiger partial charge in [-0.3, -0.25) is 0 Å². The zero-order valence-electron chi connectivity index (χ0n) is 11.5. The Labute approximate surface area is 140 Å². The van der Waals surface area contributed by atoms with Gasteiger partial charge in [0.25, 0.3) is 0 Å². The van der Waals surface area contributed by atoms with Crippen molar-refractivity contribution in [2.24, 2.45) is 0 Å². The molecule has 0 aliphatic heterocycles. The van der Waals surface area contributed by atoms with Crippen molar-refractivity contribution in [3.63, 3.8) is 0 Å². The van der Waals surface area contributed by atoms with Gasteiger partial charge in [0.05, 0.1) is 2.88 Å². The average molecular weight is 419 g/mol. The molecule has 0 fully saturated rings. The minimum atomic E-state index is -0.502. The van der Waals surface area contributed by atoms with Crippen molar-refractivity contribution in [1.82, 2.24) is 5.32 Å². The van der Waals surface area contributed by atoms with Crippen LogP contribution in [0.3, 0.4) is 0 Å². The molecule has 1 nitrogen and oxygen atoms in total. The zero-order valence-corrected chi connectivity index (χ0v) is 14.4. The lowest BCUT2D eigenvalue weighted by Gasteiger charge is -2.23. The second-order valence-corrected chi connectivity index (χ2v) is 8.39. The highest BCUT2D eigenvalue weighted by molar-refractivity contribution is 14.1. The van der Waals surface area contributed by atoms with E-state index in [1.54, 1.807) is 0 Å². The molecular weight excluding hydrogens is 403 g/mol. The van der Waals surface area contributed by atoms with E-state index in [1.165, 1.54) is 38.3 Å². The maximum absolute atomic E-state index is 13.1.